The number of rotatable bonds is 6. The largest absolute Gasteiger partial charge is 0.493 e. The van der Waals surface area contributed by atoms with Gasteiger partial charge in [0.15, 0.2) is 11.5 Å². The van der Waals surface area contributed by atoms with Crippen LogP contribution in [0.4, 0.5) is 0 Å². The normalized spacial score (nSPS) is 24.2. The molecule has 156 valence electrons. The Labute approximate surface area is 169 Å². The molecule has 2 atom stereocenters. The van der Waals surface area contributed by atoms with Gasteiger partial charge in [0.25, 0.3) is 0 Å². The molecule has 2 aliphatic rings. The molecule has 0 aromatic heterocycles. The van der Waals surface area contributed by atoms with E-state index in [0.717, 1.165) is 57.1 Å². The summed E-state index contributed by atoms with van der Waals surface area (Å²) < 4.78 is 10.7. The van der Waals surface area contributed by atoms with Gasteiger partial charge in [-0.3, -0.25) is 14.6 Å². The first-order valence-electron chi connectivity index (χ1n) is 10.5. The Morgan fingerprint density at radius 2 is 1.57 bits per heavy atom. The number of benzene rings is 1. The molecule has 2 saturated heterocycles. The average Bonchev–Trinajstić information content (AvgIpc) is 2.69. The van der Waals surface area contributed by atoms with E-state index >= 15 is 0 Å². The molecule has 0 spiro atoms. The van der Waals surface area contributed by atoms with Gasteiger partial charge in [0.2, 0.25) is 5.91 Å². The highest BCUT2D eigenvalue weighted by Gasteiger charge is 2.30. The minimum absolute atomic E-state index is 0.299. The Kier molecular flexibility index (Phi) is 7.18. The van der Waals surface area contributed by atoms with E-state index in [1.54, 1.807) is 14.2 Å². The van der Waals surface area contributed by atoms with Crippen LogP contribution >= 0.6 is 0 Å². The molecule has 0 radical (unpaired) electrons. The summed E-state index contributed by atoms with van der Waals surface area (Å²) in [7, 11) is 3.32. The molecule has 3 rings (SSSR count). The fourth-order valence-corrected chi connectivity index (χ4v) is 4.53. The highest BCUT2D eigenvalue weighted by atomic mass is 16.5. The number of carbonyl (C=O) groups excluding carboxylic acids is 1. The fraction of sp³-hybridized carbons (Fsp3) is 0.682. The third kappa shape index (κ3) is 4.97. The summed E-state index contributed by atoms with van der Waals surface area (Å²) in [5.41, 5.74) is 1.22. The first-order valence-corrected chi connectivity index (χ1v) is 10.5. The van der Waals surface area contributed by atoms with Crippen molar-refractivity contribution < 1.29 is 14.3 Å². The van der Waals surface area contributed by atoms with E-state index in [0.29, 0.717) is 24.5 Å². The van der Waals surface area contributed by atoms with Crippen LogP contribution in [-0.4, -0.2) is 79.6 Å². The lowest BCUT2D eigenvalue weighted by atomic mass is 9.97. The van der Waals surface area contributed by atoms with Gasteiger partial charge in [-0.2, -0.15) is 0 Å². The van der Waals surface area contributed by atoms with Gasteiger partial charge in [-0.1, -0.05) is 6.07 Å². The molecule has 0 aliphatic carbocycles. The smallest absolute Gasteiger partial charge is 0.237 e. The average molecular weight is 390 g/mol. The summed E-state index contributed by atoms with van der Waals surface area (Å²) in [6, 6.07) is 6.86. The summed E-state index contributed by atoms with van der Waals surface area (Å²) in [4.78, 5) is 19.7. The van der Waals surface area contributed by atoms with Gasteiger partial charge in [0, 0.05) is 44.8 Å². The van der Waals surface area contributed by atoms with Gasteiger partial charge in [-0.25, -0.2) is 0 Å². The molecule has 28 heavy (non-hydrogen) atoms. The van der Waals surface area contributed by atoms with E-state index in [2.05, 4.69) is 34.6 Å². The summed E-state index contributed by atoms with van der Waals surface area (Å²) in [5.74, 6) is 1.83. The number of hydrogen-bond donors (Lipinski definition) is 0. The van der Waals surface area contributed by atoms with Crippen molar-refractivity contribution in [1.82, 2.24) is 14.7 Å². The number of hydrogen-bond acceptors (Lipinski definition) is 5. The molecule has 0 N–H and O–H groups in total. The van der Waals surface area contributed by atoms with Gasteiger partial charge in [0.05, 0.1) is 20.8 Å². The molecular formula is C22H35N3O3. The molecule has 1 aromatic carbocycles. The Morgan fingerprint density at radius 1 is 0.964 bits per heavy atom. The minimum atomic E-state index is 0.299. The number of nitrogens with zero attached hydrogens (tertiary/aromatic N) is 3. The molecule has 2 fully saturated rings. The third-order valence-electron chi connectivity index (χ3n) is 6.16. The second-order valence-corrected chi connectivity index (χ2v) is 8.17. The molecule has 1 amide bonds. The van der Waals surface area contributed by atoms with Crippen molar-refractivity contribution in [1.29, 1.82) is 0 Å². The van der Waals surface area contributed by atoms with Crippen molar-refractivity contribution in [3.05, 3.63) is 23.8 Å². The van der Waals surface area contributed by atoms with E-state index in [1.165, 1.54) is 12.0 Å². The molecule has 1 aromatic rings. The van der Waals surface area contributed by atoms with E-state index in [-0.39, 0.29) is 0 Å². The maximum Gasteiger partial charge on any atom is 0.237 e. The zero-order valence-corrected chi connectivity index (χ0v) is 17.8. The number of amides is 1. The lowest BCUT2D eigenvalue weighted by Gasteiger charge is -2.41. The maximum atomic E-state index is 12.8. The number of piperazine rings is 1. The van der Waals surface area contributed by atoms with Gasteiger partial charge < -0.3 is 14.4 Å². The number of methoxy groups -OCH3 is 2. The topological polar surface area (TPSA) is 45.2 Å². The predicted octanol–water partition coefficient (Wildman–Crippen LogP) is 2.61. The highest BCUT2D eigenvalue weighted by molar-refractivity contribution is 5.79. The van der Waals surface area contributed by atoms with E-state index < -0.39 is 0 Å². The summed E-state index contributed by atoms with van der Waals surface area (Å²) in [6.45, 7) is 9.66. The van der Waals surface area contributed by atoms with Crippen LogP contribution in [0.2, 0.25) is 0 Å². The molecule has 6 nitrogen and oxygen atoms in total. The molecule has 0 bridgehead atoms. The second kappa shape index (κ2) is 9.61. The molecular weight excluding hydrogens is 354 g/mol. The lowest BCUT2D eigenvalue weighted by Crippen LogP contribution is -2.54. The van der Waals surface area contributed by atoms with E-state index in [4.69, 9.17) is 9.47 Å². The molecule has 2 heterocycles. The molecule has 0 saturated carbocycles. The Bertz CT molecular complexity index is 648. The fourth-order valence-electron chi connectivity index (χ4n) is 4.53. The van der Waals surface area contributed by atoms with E-state index in [1.807, 2.05) is 12.1 Å². The van der Waals surface area contributed by atoms with Crippen LogP contribution < -0.4 is 9.47 Å². The first-order chi connectivity index (χ1) is 13.5. The van der Waals surface area contributed by atoms with Gasteiger partial charge in [0.1, 0.15) is 0 Å². The number of carbonyl (C=O) groups is 1. The Hall–Kier alpha value is -1.79. The monoisotopic (exact) mass is 389 g/mol. The highest BCUT2D eigenvalue weighted by Crippen LogP contribution is 2.28. The van der Waals surface area contributed by atoms with Crippen molar-refractivity contribution in [2.24, 2.45) is 0 Å². The van der Waals surface area contributed by atoms with Crippen molar-refractivity contribution in [2.75, 3.05) is 46.9 Å². The summed E-state index contributed by atoms with van der Waals surface area (Å²) >= 11 is 0. The first kappa shape index (κ1) is 20.9. The zero-order chi connectivity index (χ0) is 20.1. The van der Waals surface area contributed by atoms with Gasteiger partial charge in [-0.05, 0) is 50.8 Å². The quantitative estimate of drug-likeness (QED) is 0.748. The van der Waals surface area contributed by atoms with Crippen LogP contribution in [0.1, 0.15) is 38.7 Å². The van der Waals surface area contributed by atoms with Crippen LogP contribution in [0.15, 0.2) is 18.2 Å². The molecule has 6 heteroatoms. The third-order valence-corrected chi connectivity index (χ3v) is 6.16. The number of ether oxygens (including phenoxy) is 2. The number of piperidine rings is 1. The van der Waals surface area contributed by atoms with Crippen LogP contribution in [0.25, 0.3) is 0 Å². The molecule has 2 aliphatic heterocycles. The summed E-state index contributed by atoms with van der Waals surface area (Å²) in [5, 5.41) is 0. The molecule has 0 unspecified atom stereocenters. The maximum absolute atomic E-state index is 12.8. The van der Waals surface area contributed by atoms with Crippen molar-refractivity contribution >= 4 is 5.91 Å². The minimum Gasteiger partial charge on any atom is -0.493 e. The SMILES string of the molecule is COc1ccc(CN2CCN(CC(=O)N3[C@H](C)CCC[C@@H]3C)CC2)cc1OC. The van der Waals surface area contributed by atoms with Crippen molar-refractivity contribution in [3.8, 4) is 11.5 Å². The van der Waals surface area contributed by atoms with Crippen molar-refractivity contribution in [2.45, 2.75) is 51.7 Å². The van der Waals surface area contributed by atoms with Crippen LogP contribution in [0, 0.1) is 0 Å². The van der Waals surface area contributed by atoms with Crippen molar-refractivity contribution in [3.63, 3.8) is 0 Å². The second-order valence-electron chi connectivity index (χ2n) is 8.17. The van der Waals surface area contributed by atoms with Crippen LogP contribution in [0.3, 0.4) is 0 Å². The Morgan fingerprint density at radius 3 is 2.18 bits per heavy atom. The summed E-state index contributed by atoms with van der Waals surface area (Å²) in [6.07, 6.45) is 3.51. The zero-order valence-electron chi connectivity index (χ0n) is 17.8. The lowest BCUT2D eigenvalue weighted by molar-refractivity contribution is -0.139. The van der Waals surface area contributed by atoms with Gasteiger partial charge in [-0.15, -0.1) is 0 Å². The Balaban J connectivity index is 1.48. The van der Waals surface area contributed by atoms with Gasteiger partial charge >= 0.3 is 0 Å². The van der Waals surface area contributed by atoms with Crippen LogP contribution in [0.5, 0.6) is 11.5 Å². The predicted molar refractivity (Wildman–Crippen MR) is 111 cm³/mol. The number of likely N-dealkylation sites (tertiary alicyclic amines) is 1. The standard InChI is InChI=1S/C22H35N3O3/c1-17-6-5-7-18(2)25(17)22(26)16-24-12-10-23(11-13-24)15-19-8-9-20(27-3)21(14-19)28-4/h8-9,14,17-18H,5-7,10-13,15-16H2,1-4H3/t17-,18+. The van der Waals surface area contributed by atoms with E-state index in [9.17, 15) is 4.79 Å². The van der Waals surface area contributed by atoms with Crippen LogP contribution in [-0.2, 0) is 11.3 Å².